The van der Waals surface area contributed by atoms with Crippen LogP contribution in [-0.2, 0) is 9.47 Å². The summed E-state index contributed by atoms with van der Waals surface area (Å²) >= 11 is 0. The van der Waals surface area contributed by atoms with Crippen LogP contribution < -0.4 is 0 Å². The van der Waals surface area contributed by atoms with Crippen LogP contribution in [0, 0.1) is 5.92 Å². The number of carbonyl (C=O) groups excluding carboxylic acids is 1. The minimum Gasteiger partial charge on any atom is -0.350 e. The zero-order valence-electron chi connectivity index (χ0n) is 15.9. The van der Waals surface area contributed by atoms with Crippen molar-refractivity contribution >= 4 is 5.91 Å². The van der Waals surface area contributed by atoms with E-state index in [-0.39, 0.29) is 24.0 Å². The number of aromatic nitrogens is 3. The molecule has 0 bridgehead atoms. The summed E-state index contributed by atoms with van der Waals surface area (Å²) < 4.78 is 13.1. The maximum absolute atomic E-state index is 13.3. The molecule has 0 N–H and O–H groups in total. The SMILES string of the molecule is CC(C)c1c(C(=O)N2CCCC(C3OCCO3)C2)cnn1-c1ccccn1. The van der Waals surface area contributed by atoms with E-state index in [1.54, 1.807) is 17.1 Å². The van der Waals surface area contributed by atoms with Crippen LogP contribution in [0.5, 0.6) is 0 Å². The number of pyridine rings is 1. The first-order valence-electron chi connectivity index (χ1n) is 9.67. The second kappa shape index (κ2) is 7.78. The molecule has 4 rings (SSSR count). The van der Waals surface area contributed by atoms with Crippen LogP contribution in [0.3, 0.4) is 0 Å². The predicted octanol–water partition coefficient (Wildman–Crippen LogP) is 2.62. The molecule has 0 aromatic carbocycles. The average Bonchev–Trinajstić information content (AvgIpc) is 3.38. The second-order valence-corrected chi connectivity index (χ2v) is 7.46. The van der Waals surface area contributed by atoms with Gasteiger partial charge >= 0.3 is 0 Å². The zero-order valence-corrected chi connectivity index (χ0v) is 15.9. The Kier molecular flexibility index (Phi) is 5.22. The highest BCUT2D eigenvalue weighted by Crippen LogP contribution is 2.28. The molecule has 0 radical (unpaired) electrons. The van der Waals surface area contributed by atoms with Gasteiger partial charge in [-0.25, -0.2) is 9.67 Å². The third-order valence-electron chi connectivity index (χ3n) is 5.23. The van der Waals surface area contributed by atoms with Gasteiger partial charge in [-0.15, -0.1) is 0 Å². The monoisotopic (exact) mass is 370 g/mol. The number of piperidine rings is 1. The van der Waals surface area contributed by atoms with Gasteiger partial charge in [0.1, 0.15) is 0 Å². The number of hydrogen-bond donors (Lipinski definition) is 0. The van der Waals surface area contributed by atoms with E-state index in [1.165, 1.54) is 0 Å². The van der Waals surface area contributed by atoms with Crippen molar-refractivity contribution in [1.29, 1.82) is 0 Å². The Bertz CT molecular complexity index is 784. The Balaban J connectivity index is 1.59. The highest BCUT2D eigenvalue weighted by molar-refractivity contribution is 5.95. The van der Waals surface area contributed by atoms with E-state index in [1.807, 2.05) is 23.1 Å². The molecular formula is C20H26N4O3. The molecule has 7 nitrogen and oxygen atoms in total. The van der Waals surface area contributed by atoms with Crippen molar-refractivity contribution < 1.29 is 14.3 Å². The maximum Gasteiger partial charge on any atom is 0.257 e. The third kappa shape index (κ3) is 3.61. The van der Waals surface area contributed by atoms with Gasteiger partial charge in [-0.3, -0.25) is 4.79 Å². The number of carbonyl (C=O) groups is 1. The van der Waals surface area contributed by atoms with E-state index in [0.717, 1.165) is 30.9 Å². The molecule has 1 amide bonds. The fraction of sp³-hybridized carbons (Fsp3) is 0.550. The van der Waals surface area contributed by atoms with Crippen molar-refractivity contribution in [2.45, 2.75) is 38.9 Å². The number of ether oxygens (including phenoxy) is 2. The quantitative estimate of drug-likeness (QED) is 0.827. The minimum absolute atomic E-state index is 0.0311. The minimum atomic E-state index is -0.179. The molecule has 7 heteroatoms. The van der Waals surface area contributed by atoms with Gasteiger partial charge in [0.15, 0.2) is 12.1 Å². The summed E-state index contributed by atoms with van der Waals surface area (Å²) in [7, 11) is 0. The molecule has 2 fully saturated rings. The van der Waals surface area contributed by atoms with Crippen molar-refractivity contribution in [2.24, 2.45) is 5.92 Å². The summed E-state index contributed by atoms with van der Waals surface area (Å²) in [5.41, 5.74) is 1.55. The number of amides is 1. The summed E-state index contributed by atoms with van der Waals surface area (Å²) in [6.07, 6.45) is 5.23. The predicted molar refractivity (Wildman–Crippen MR) is 99.8 cm³/mol. The lowest BCUT2D eigenvalue weighted by atomic mass is 9.96. The first-order valence-corrected chi connectivity index (χ1v) is 9.67. The first kappa shape index (κ1) is 18.1. The Morgan fingerprint density at radius 2 is 2.07 bits per heavy atom. The molecule has 2 aliphatic heterocycles. The summed E-state index contributed by atoms with van der Waals surface area (Å²) in [4.78, 5) is 19.6. The molecule has 1 atom stereocenters. The molecule has 144 valence electrons. The van der Waals surface area contributed by atoms with Gasteiger partial charge in [0.05, 0.1) is 30.7 Å². The Labute approximate surface area is 159 Å². The Hall–Kier alpha value is -2.25. The fourth-order valence-electron chi connectivity index (χ4n) is 3.98. The van der Waals surface area contributed by atoms with Gasteiger partial charge in [-0.05, 0) is 30.9 Å². The van der Waals surface area contributed by atoms with E-state index in [2.05, 4.69) is 23.9 Å². The summed E-state index contributed by atoms with van der Waals surface area (Å²) in [5, 5.41) is 4.48. The molecule has 27 heavy (non-hydrogen) atoms. The fourth-order valence-corrected chi connectivity index (χ4v) is 3.98. The highest BCUT2D eigenvalue weighted by Gasteiger charge is 2.34. The highest BCUT2D eigenvalue weighted by atomic mass is 16.7. The van der Waals surface area contributed by atoms with Crippen molar-refractivity contribution in [3.8, 4) is 5.82 Å². The van der Waals surface area contributed by atoms with E-state index in [9.17, 15) is 4.79 Å². The van der Waals surface area contributed by atoms with E-state index in [0.29, 0.717) is 25.3 Å². The second-order valence-electron chi connectivity index (χ2n) is 7.46. The zero-order chi connectivity index (χ0) is 18.8. The first-order chi connectivity index (χ1) is 13.1. The van der Waals surface area contributed by atoms with Crippen LogP contribution in [0.4, 0.5) is 0 Å². The molecule has 1 unspecified atom stereocenters. The van der Waals surface area contributed by atoms with Crippen LogP contribution in [0.25, 0.3) is 5.82 Å². The molecule has 2 aromatic heterocycles. The van der Waals surface area contributed by atoms with Crippen molar-refractivity contribution in [2.75, 3.05) is 26.3 Å². The largest absolute Gasteiger partial charge is 0.350 e. The summed E-state index contributed by atoms with van der Waals surface area (Å²) in [6.45, 7) is 6.86. The van der Waals surface area contributed by atoms with Crippen molar-refractivity contribution in [3.63, 3.8) is 0 Å². The van der Waals surface area contributed by atoms with Crippen LogP contribution >= 0.6 is 0 Å². The van der Waals surface area contributed by atoms with Crippen LogP contribution in [-0.4, -0.2) is 58.2 Å². The number of likely N-dealkylation sites (tertiary alicyclic amines) is 1. The number of nitrogens with zero attached hydrogens (tertiary/aromatic N) is 4. The van der Waals surface area contributed by atoms with Crippen LogP contribution in [0.1, 0.15) is 48.7 Å². The standard InChI is InChI=1S/C20H26N4O3/c1-14(2)18-16(12-22-24(18)17-7-3-4-8-21-17)19(25)23-9-5-6-15(13-23)20-26-10-11-27-20/h3-4,7-8,12,14-15,20H,5-6,9-11,13H2,1-2H3. The van der Waals surface area contributed by atoms with Crippen LogP contribution in [0.15, 0.2) is 30.6 Å². The van der Waals surface area contributed by atoms with Gasteiger partial charge in [-0.1, -0.05) is 19.9 Å². The van der Waals surface area contributed by atoms with Crippen LogP contribution in [0.2, 0.25) is 0 Å². The lowest BCUT2D eigenvalue weighted by Gasteiger charge is -2.34. The normalized spacial score (nSPS) is 21.1. The lowest BCUT2D eigenvalue weighted by Crippen LogP contribution is -2.44. The van der Waals surface area contributed by atoms with Crippen molar-refractivity contribution in [1.82, 2.24) is 19.7 Å². The Morgan fingerprint density at radius 3 is 2.78 bits per heavy atom. The molecule has 2 aromatic rings. The molecule has 0 aliphatic carbocycles. The van der Waals surface area contributed by atoms with Gasteiger partial charge in [-0.2, -0.15) is 5.10 Å². The smallest absolute Gasteiger partial charge is 0.257 e. The molecular weight excluding hydrogens is 344 g/mol. The van der Waals surface area contributed by atoms with E-state index < -0.39 is 0 Å². The lowest BCUT2D eigenvalue weighted by molar-refractivity contribution is -0.0969. The average molecular weight is 370 g/mol. The number of rotatable bonds is 4. The Morgan fingerprint density at radius 1 is 1.26 bits per heavy atom. The molecule has 0 spiro atoms. The molecule has 2 saturated heterocycles. The van der Waals surface area contributed by atoms with Gasteiger partial charge in [0, 0.05) is 25.2 Å². The summed E-state index contributed by atoms with van der Waals surface area (Å²) in [6, 6.07) is 5.69. The molecule has 2 aliphatic rings. The third-order valence-corrected chi connectivity index (χ3v) is 5.23. The van der Waals surface area contributed by atoms with Gasteiger partial charge in [0.25, 0.3) is 5.91 Å². The van der Waals surface area contributed by atoms with Crippen molar-refractivity contribution in [3.05, 3.63) is 41.9 Å². The number of hydrogen-bond acceptors (Lipinski definition) is 5. The van der Waals surface area contributed by atoms with Gasteiger partial charge in [0.2, 0.25) is 0 Å². The van der Waals surface area contributed by atoms with E-state index in [4.69, 9.17) is 9.47 Å². The topological polar surface area (TPSA) is 69.5 Å². The van der Waals surface area contributed by atoms with E-state index >= 15 is 0 Å². The van der Waals surface area contributed by atoms with Gasteiger partial charge < -0.3 is 14.4 Å². The summed E-state index contributed by atoms with van der Waals surface area (Å²) in [5.74, 6) is 1.14. The molecule has 4 heterocycles. The maximum atomic E-state index is 13.3. The molecule has 0 saturated carbocycles.